The second kappa shape index (κ2) is 5.94. The van der Waals surface area contributed by atoms with Crippen LogP contribution in [-0.2, 0) is 5.41 Å². The molecule has 3 rings (SSSR count). The average Bonchev–Trinajstić information content (AvgIpc) is 2.59. The summed E-state index contributed by atoms with van der Waals surface area (Å²) in [7, 11) is 0. The average molecular weight is 273 g/mol. The molecule has 0 amide bonds. The smallest absolute Gasteiger partial charge is 0.0992 e. The molecule has 1 N–H and O–H groups in total. The SMILES string of the molecule is O[CH]C(c1ccccc1)(c1ccccc1)c1ccccc1. The van der Waals surface area contributed by atoms with Crippen LogP contribution in [0.25, 0.3) is 0 Å². The van der Waals surface area contributed by atoms with Crippen LogP contribution in [0, 0.1) is 6.61 Å². The van der Waals surface area contributed by atoms with Crippen molar-refractivity contribution in [2.75, 3.05) is 0 Å². The normalized spacial score (nSPS) is 11.3. The van der Waals surface area contributed by atoms with Gasteiger partial charge in [0.2, 0.25) is 0 Å². The summed E-state index contributed by atoms with van der Waals surface area (Å²) >= 11 is 0. The largest absolute Gasteiger partial charge is 0.389 e. The number of hydrogen-bond acceptors (Lipinski definition) is 1. The molecule has 1 radical (unpaired) electrons. The Morgan fingerprint density at radius 1 is 0.524 bits per heavy atom. The second-order valence-corrected chi connectivity index (χ2v) is 5.04. The van der Waals surface area contributed by atoms with Crippen molar-refractivity contribution >= 4 is 0 Å². The molecule has 0 saturated carbocycles. The van der Waals surface area contributed by atoms with Gasteiger partial charge in [0.1, 0.15) is 0 Å². The van der Waals surface area contributed by atoms with Crippen molar-refractivity contribution < 1.29 is 5.11 Å². The first kappa shape index (κ1) is 13.6. The molecule has 0 fully saturated rings. The summed E-state index contributed by atoms with van der Waals surface area (Å²) in [5.74, 6) is 0. The molecule has 0 atom stereocenters. The van der Waals surface area contributed by atoms with Crippen molar-refractivity contribution in [1.29, 1.82) is 0 Å². The van der Waals surface area contributed by atoms with Crippen LogP contribution < -0.4 is 0 Å². The van der Waals surface area contributed by atoms with Gasteiger partial charge in [-0.3, -0.25) is 0 Å². The third-order valence-electron chi connectivity index (χ3n) is 3.88. The predicted molar refractivity (Wildman–Crippen MR) is 85.4 cm³/mol. The molecule has 0 aromatic heterocycles. The Labute approximate surface area is 125 Å². The van der Waals surface area contributed by atoms with Crippen molar-refractivity contribution in [3.8, 4) is 0 Å². The van der Waals surface area contributed by atoms with Crippen LogP contribution in [0.5, 0.6) is 0 Å². The highest BCUT2D eigenvalue weighted by Crippen LogP contribution is 2.40. The molecular formula is C20H17O. The van der Waals surface area contributed by atoms with Crippen LogP contribution in [0.3, 0.4) is 0 Å². The zero-order valence-corrected chi connectivity index (χ0v) is 11.7. The van der Waals surface area contributed by atoms with E-state index in [0.717, 1.165) is 16.7 Å². The molecule has 1 heteroatoms. The highest BCUT2D eigenvalue weighted by Gasteiger charge is 2.35. The van der Waals surface area contributed by atoms with Crippen LogP contribution in [0.15, 0.2) is 91.0 Å². The van der Waals surface area contributed by atoms with Crippen molar-refractivity contribution in [2.24, 2.45) is 0 Å². The highest BCUT2D eigenvalue weighted by molar-refractivity contribution is 5.52. The van der Waals surface area contributed by atoms with E-state index in [1.807, 2.05) is 91.0 Å². The summed E-state index contributed by atoms with van der Waals surface area (Å²) < 4.78 is 0. The molecule has 0 unspecified atom stereocenters. The Bertz CT molecular complexity index is 578. The summed E-state index contributed by atoms with van der Waals surface area (Å²) in [4.78, 5) is 0. The Morgan fingerprint density at radius 2 is 0.810 bits per heavy atom. The number of hydrogen-bond donors (Lipinski definition) is 1. The molecule has 3 aromatic rings. The third-order valence-corrected chi connectivity index (χ3v) is 3.88. The maximum atomic E-state index is 10.2. The molecule has 0 aliphatic carbocycles. The molecule has 0 bridgehead atoms. The molecular weight excluding hydrogens is 256 g/mol. The number of aliphatic hydroxyl groups is 1. The van der Waals surface area contributed by atoms with E-state index in [0.29, 0.717) is 0 Å². The summed E-state index contributed by atoms with van der Waals surface area (Å²) in [5.41, 5.74) is 2.49. The maximum absolute atomic E-state index is 10.2. The van der Waals surface area contributed by atoms with Crippen LogP contribution in [0.1, 0.15) is 16.7 Å². The van der Waals surface area contributed by atoms with Crippen molar-refractivity contribution in [3.05, 3.63) is 114 Å². The summed E-state index contributed by atoms with van der Waals surface area (Å²) in [6.45, 7) is 1.30. The van der Waals surface area contributed by atoms with Gasteiger partial charge in [0.05, 0.1) is 12.0 Å². The molecule has 0 aliphatic rings. The molecule has 1 nitrogen and oxygen atoms in total. The van der Waals surface area contributed by atoms with E-state index in [1.54, 1.807) is 0 Å². The van der Waals surface area contributed by atoms with Gasteiger partial charge >= 0.3 is 0 Å². The Hall–Kier alpha value is -2.38. The first-order chi connectivity index (χ1) is 10.4. The topological polar surface area (TPSA) is 20.2 Å². The minimum absolute atomic E-state index is 0.649. The van der Waals surface area contributed by atoms with Gasteiger partial charge in [-0.2, -0.15) is 0 Å². The lowest BCUT2D eigenvalue weighted by Gasteiger charge is -2.33. The standard InChI is InChI=1S/C20H17O/c21-16-20(17-10-4-1-5-11-17,18-12-6-2-7-13-18)19-14-8-3-9-15-19/h1-16,21H. The van der Waals surface area contributed by atoms with Gasteiger partial charge in [-0.1, -0.05) is 91.0 Å². The molecule has 0 spiro atoms. The second-order valence-electron chi connectivity index (χ2n) is 5.04. The van der Waals surface area contributed by atoms with E-state index in [1.165, 1.54) is 6.61 Å². The van der Waals surface area contributed by atoms with E-state index in [2.05, 4.69) is 0 Å². The fourth-order valence-electron chi connectivity index (χ4n) is 2.83. The quantitative estimate of drug-likeness (QED) is 0.691. The zero-order chi connectivity index (χ0) is 14.5. The fraction of sp³-hybridized carbons (Fsp3) is 0.0500. The van der Waals surface area contributed by atoms with Crippen LogP contribution in [0.4, 0.5) is 0 Å². The number of rotatable bonds is 4. The lowest BCUT2D eigenvalue weighted by Crippen LogP contribution is -2.29. The minimum Gasteiger partial charge on any atom is -0.389 e. The van der Waals surface area contributed by atoms with Gasteiger partial charge in [0.25, 0.3) is 0 Å². The van der Waals surface area contributed by atoms with Crippen molar-refractivity contribution in [3.63, 3.8) is 0 Å². The van der Waals surface area contributed by atoms with Crippen LogP contribution in [0.2, 0.25) is 0 Å². The number of benzene rings is 3. The van der Waals surface area contributed by atoms with E-state index < -0.39 is 5.41 Å². The van der Waals surface area contributed by atoms with Crippen LogP contribution >= 0.6 is 0 Å². The molecule has 21 heavy (non-hydrogen) atoms. The lowest BCUT2D eigenvalue weighted by atomic mass is 9.70. The Balaban J connectivity index is 2.29. The van der Waals surface area contributed by atoms with E-state index in [4.69, 9.17) is 0 Å². The van der Waals surface area contributed by atoms with E-state index in [-0.39, 0.29) is 0 Å². The lowest BCUT2D eigenvalue weighted by molar-refractivity contribution is 0.331. The van der Waals surface area contributed by atoms with Gasteiger partial charge in [-0.05, 0) is 16.7 Å². The predicted octanol–water partition coefficient (Wildman–Crippen LogP) is 4.56. The minimum atomic E-state index is -0.649. The third kappa shape index (κ3) is 2.37. The molecule has 0 heterocycles. The van der Waals surface area contributed by atoms with Gasteiger partial charge in [0, 0.05) is 0 Å². The summed E-state index contributed by atoms with van der Waals surface area (Å²) in [6.07, 6.45) is 0. The van der Waals surface area contributed by atoms with Gasteiger partial charge in [-0.15, -0.1) is 0 Å². The van der Waals surface area contributed by atoms with Crippen molar-refractivity contribution in [2.45, 2.75) is 5.41 Å². The zero-order valence-electron chi connectivity index (χ0n) is 11.7. The Morgan fingerprint density at radius 3 is 1.05 bits per heavy atom. The van der Waals surface area contributed by atoms with E-state index in [9.17, 15) is 5.11 Å². The number of aliphatic hydroxyl groups excluding tert-OH is 1. The molecule has 0 aliphatic heterocycles. The first-order valence-electron chi connectivity index (χ1n) is 7.03. The maximum Gasteiger partial charge on any atom is 0.0992 e. The van der Waals surface area contributed by atoms with Crippen LogP contribution in [-0.4, -0.2) is 5.11 Å². The molecule has 103 valence electrons. The summed E-state index contributed by atoms with van der Waals surface area (Å²) in [5, 5.41) is 10.2. The first-order valence-corrected chi connectivity index (χ1v) is 7.03. The van der Waals surface area contributed by atoms with Crippen molar-refractivity contribution in [1.82, 2.24) is 0 Å². The monoisotopic (exact) mass is 273 g/mol. The Kier molecular flexibility index (Phi) is 3.85. The fourth-order valence-corrected chi connectivity index (χ4v) is 2.83. The molecule has 3 aromatic carbocycles. The van der Waals surface area contributed by atoms with E-state index >= 15 is 0 Å². The highest BCUT2D eigenvalue weighted by atomic mass is 16.3. The summed E-state index contributed by atoms with van der Waals surface area (Å²) in [6, 6.07) is 30.2. The van der Waals surface area contributed by atoms with Gasteiger partial charge in [-0.25, -0.2) is 0 Å². The van der Waals surface area contributed by atoms with Gasteiger partial charge < -0.3 is 5.11 Å². The molecule has 0 saturated heterocycles. The van der Waals surface area contributed by atoms with Gasteiger partial charge in [0.15, 0.2) is 0 Å².